The van der Waals surface area contributed by atoms with E-state index in [-0.39, 0.29) is 0 Å². The van der Waals surface area contributed by atoms with Gasteiger partial charge in [-0.05, 0) is 60.7 Å². The first kappa shape index (κ1) is 18.6. The minimum atomic E-state index is 0.973. The topological polar surface area (TPSA) is 12.4 Å². The van der Waals surface area contributed by atoms with Crippen molar-refractivity contribution in [1.82, 2.24) is 0 Å². The molecule has 0 saturated carbocycles. The lowest BCUT2D eigenvalue weighted by atomic mass is 10.2. The average molecular weight is 376 g/mol. The highest BCUT2D eigenvalue weighted by Crippen LogP contribution is 2.30. The SMILES string of the molecule is CC(=C\Sc1ccccc1)/C(=N/c1ccccc1)Sc1ccccc1C. The van der Waals surface area contributed by atoms with E-state index in [4.69, 9.17) is 4.99 Å². The standard InChI is InChI=1S/C23H21NS2/c1-18-11-9-10-16-22(18)26-23(24-20-12-5-3-6-13-20)19(2)17-25-21-14-7-4-8-15-21/h3-17H,1-2H3/b19-17+,24-23-. The van der Waals surface area contributed by atoms with Crippen LogP contribution in [0.4, 0.5) is 5.69 Å². The van der Waals surface area contributed by atoms with Crippen molar-refractivity contribution in [1.29, 1.82) is 0 Å². The number of rotatable bonds is 5. The summed E-state index contributed by atoms with van der Waals surface area (Å²) in [5.74, 6) is 0. The van der Waals surface area contributed by atoms with Gasteiger partial charge < -0.3 is 0 Å². The van der Waals surface area contributed by atoms with Crippen molar-refractivity contribution in [2.75, 3.05) is 0 Å². The zero-order valence-corrected chi connectivity index (χ0v) is 16.6. The summed E-state index contributed by atoms with van der Waals surface area (Å²) >= 11 is 3.45. The van der Waals surface area contributed by atoms with Crippen LogP contribution in [-0.4, -0.2) is 5.04 Å². The third-order valence-corrected chi connectivity index (χ3v) is 6.04. The zero-order valence-electron chi connectivity index (χ0n) is 14.9. The number of nitrogens with zero attached hydrogens (tertiary/aromatic N) is 1. The van der Waals surface area contributed by atoms with Gasteiger partial charge in [0.2, 0.25) is 0 Å². The van der Waals surface area contributed by atoms with E-state index < -0.39 is 0 Å². The molecule has 0 aliphatic rings. The van der Waals surface area contributed by atoms with Gasteiger partial charge in [-0.15, -0.1) is 0 Å². The summed E-state index contributed by atoms with van der Waals surface area (Å²) in [4.78, 5) is 7.37. The van der Waals surface area contributed by atoms with E-state index in [0.717, 1.165) is 16.3 Å². The van der Waals surface area contributed by atoms with Gasteiger partial charge in [-0.25, -0.2) is 4.99 Å². The number of benzene rings is 3. The van der Waals surface area contributed by atoms with Crippen molar-refractivity contribution >= 4 is 34.3 Å². The largest absolute Gasteiger partial charge is 0.241 e. The first-order chi connectivity index (χ1) is 12.7. The fraction of sp³-hybridized carbons (Fsp3) is 0.0870. The van der Waals surface area contributed by atoms with Crippen LogP contribution in [0.3, 0.4) is 0 Å². The van der Waals surface area contributed by atoms with Crippen LogP contribution in [0.1, 0.15) is 12.5 Å². The molecule has 0 aliphatic carbocycles. The van der Waals surface area contributed by atoms with E-state index in [0.29, 0.717) is 0 Å². The van der Waals surface area contributed by atoms with E-state index >= 15 is 0 Å². The van der Waals surface area contributed by atoms with E-state index in [1.54, 1.807) is 23.5 Å². The second kappa shape index (κ2) is 9.46. The third-order valence-electron chi connectivity index (χ3n) is 3.74. The smallest absolute Gasteiger partial charge is 0.105 e. The summed E-state index contributed by atoms with van der Waals surface area (Å²) in [6.07, 6.45) is 0. The quantitative estimate of drug-likeness (QED) is 0.260. The Morgan fingerprint density at radius 2 is 1.42 bits per heavy atom. The maximum atomic E-state index is 4.91. The second-order valence-corrected chi connectivity index (χ2v) is 7.83. The molecule has 0 radical (unpaired) electrons. The Morgan fingerprint density at radius 3 is 2.12 bits per heavy atom. The normalized spacial score (nSPS) is 12.2. The average Bonchev–Trinajstić information content (AvgIpc) is 2.69. The summed E-state index contributed by atoms with van der Waals surface area (Å²) < 4.78 is 0. The Balaban J connectivity index is 1.89. The Kier molecular flexibility index (Phi) is 6.75. The molecule has 0 heterocycles. The molecule has 0 N–H and O–H groups in total. The van der Waals surface area contributed by atoms with Gasteiger partial charge in [-0.2, -0.15) is 0 Å². The molecule has 0 spiro atoms. The van der Waals surface area contributed by atoms with Crippen LogP contribution < -0.4 is 0 Å². The van der Waals surface area contributed by atoms with Crippen LogP contribution in [0.15, 0.2) is 111 Å². The van der Waals surface area contributed by atoms with Crippen molar-refractivity contribution in [2.45, 2.75) is 23.6 Å². The highest BCUT2D eigenvalue weighted by atomic mass is 32.2. The van der Waals surface area contributed by atoms with Gasteiger partial charge >= 0.3 is 0 Å². The van der Waals surface area contributed by atoms with E-state index in [9.17, 15) is 0 Å². The zero-order chi connectivity index (χ0) is 18.2. The number of aliphatic imine (C=N–C) groups is 1. The van der Waals surface area contributed by atoms with Crippen LogP contribution in [0, 0.1) is 6.92 Å². The van der Waals surface area contributed by atoms with Crippen LogP contribution in [0.5, 0.6) is 0 Å². The molecule has 3 aromatic rings. The molecule has 0 unspecified atom stereocenters. The monoisotopic (exact) mass is 375 g/mol. The Labute approximate surface area is 164 Å². The van der Waals surface area contributed by atoms with E-state index in [1.165, 1.54) is 15.4 Å². The number of thioether (sulfide) groups is 2. The van der Waals surface area contributed by atoms with Gasteiger partial charge in [0, 0.05) is 9.79 Å². The van der Waals surface area contributed by atoms with Gasteiger partial charge in [-0.1, -0.05) is 78.1 Å². The molecule has 3 heteroatoms. The number of hydrogen-bond acceptors (Lipinski definition) is 3. The Bertz CT molecular complexity index is 900. The minimum absolute atomic E-state index is 0.973. The summed E-state index contributed by atoms with van der Waals surface area (Å²) in [6.45, 7) is 4.27. The first-order valence-corrected chi connectivity index (χ1v) is 10.2. The molecule has 0 saturated heterocycles. The van der Waals surface area contributed by atoms with Crippen molar-refractivity contribution in [3.05, 3.63) is 101 Å². The molecule has 0 fully saturated rings. The number of para-hydroxylation sites is 1. The molecule has 0 aliphatic heterocycles. The maximum absolute atomic E-state index is 4.91. The summed E-state index contributed by atoms with van der Waals surface area (Å²) in [6, 6.07) is 29.0. The minimum Gasteiger partial charge on any atom is -0.241 e. The van der Waals surface area contributed by atoms with Crippen molar-refractivity contribution in [3.8, 4) is 0 Å². The molecule has 3 aromatic carbocycles. The van der Waals surface area contributed by atoms with Gasteiger partial charge in [0.05, 0.1) is 5.69 Å². The van der Waals surface area contributed by atoms with Crippen molar-refractivity contribution < 1.29 is 0 Å². The third kappa shape index (κ3) is 5.38. The summed E-state index contributed by atoms with van der Waals surface area (Å²) in [5, 5.41) is 3.21. The van der Waals surface area contributed by atoms with Gasteiger partial charge in [0.15, 0.2) is 0 Å². The lowest BCUT2D eigenvalue weighted by molar-refractivity contribution is 1.31. The lowest BCUT2D eigenvalue weighted by Crippen LogP contribution is -1.95. The fourth-order valence-electron chi connectivity index (χ4n) is 2.29. The van der Waals surface area contributed by atoms with Crippen LogP contribution in [0.2, 0.25) is 0 Å². The van der Waals surface area contributed by atoms with E-state index in [1.807, 2.05) is 36.4 Å². The molecule has 0 amide bonds. The Hall–Kier alpha value is -2.23. The Morgan fingerprint density at radius 1 is 0.808 bits per heavy atom. The fourth-order valence-corrected chi connectivity index (χ4v) is 4.06. The lowest BCUT2D eigenvalue weighted by Gasteiger charge is -2.09. The second-order valence-electron chi connectivity index (χ2n) is 5.85. The summed E-state index contributed by atoms with van der Waals surface area (Å²) in [5.41, 5.74) is 3.40. The van der Waals surface area contributed by atoms with Crippen LogP contribution in [0.25, 0.3) is 0 Å². The highest BCUT2D eigenvalue weighted by molar-refractivity contribution is 8.14. The molecule has 0 atom stereocenters. The van der Waals surface area contributed by atoms with Gasteiger partial charge in [-0.3, -0.25) is 0 Å². The van der Waals surface area contributed by atoms with Gasteiger partial charge in [0.1, 0.15) is 5.04 Å². The van der Waals surface area contributed by atoms with E-state index in [2.05, 4.69) is 67.8 Å². The number of hydrogen-bond donors (Lipinski definition) is 0. The number of aryl methyl sites for hydroxylation is 1. The molecule has 0 bridgehead atoms. The van der Waals surface area contributed by atoms with Crippen molar-refractivity contribution in [3.63, 3.8) is 0 Å². The highest BCUT2D eigenvalue weighted by Gasteiger charge is 2.08. The van der Waals surface area contributed by atoms with Crippen molar-refractivity contribution in [2.24, 2.45) is 4.99 Å². The predicted molar refractivity (Wildman–Crippen MR) is 117 cm³/mol. The first-order valence-electron chi connectivity index (χ1n) is 8.48. The van der Waals surface area contributed by atoms with Crippen LogP contribution in [-0.2, 0) is 0 Å². The predicted octanol–water partition coefficient (Wildman–Crippen LogP) is 7.51. The molecule has 26 heavy (non-hydrogen) atoms. The molecular formula is C23H21NS2. The van der Waals surface area contributed by atoms with Crippen LogP contribution >= 0.6 is 23.5 Å². The molecule has 1 nitrogen and oxygen atoms in total. The molecule has 3 rings (SSSR count). The van der Waals surface area contributed by atoms with Gasteiger partial charge in [0.25, 0.3) is 0 Å². The molecular weight excluding hydrogens is 354 g/mol. The molecule has 0 aromatic heterocycles. The maximum Gasteiger partial charge on any atom is 0.105 e. The summed E-state index contributed by atoms with van der Waals surface area (Å²) in [7, 11) is 0. The molecule has 130 valence electrons.